The highest BCUT2D eigenvalue weighted by molar-refractivity contribution is 5.38. The molecule has 0 bridgehead atoms. The van der Waals surface area contributed by atoms with Crippen LogP contribution in [0.5, 0.6) is 5.75 Å². The highest BCUT2D eigenvalue weighted by Crippen LogP contribution is 2.33. The van der Waals surface area contributed by atoms with E-state index in [4.69, 9.17) is 0 Å². The SMILES string of the molecule is CC(NC1CCCc2cc(O)ccc21)c1ncc[nH]1. The quantitative estimate of drug-likeness (QED) is 0.792. The first-order valence-corrected chi connectivity index (χ1v) is 6.81. The van der Waals surface area contributed by atoms with Gasteiger partial charge < -0.3 is 15.4 Å². The number of imidazole rings is 1. The van der Waals surface area contributed by atoms with E-state index in [1.807, 2.05) is 18.3 Å². The average molecular weight is 257 g/mol. The first kappa shape index (κ1) is 12.2. The maximum Gasteiger partial charge on any atom is 0.122 e. The summed E-state index contributed by atoms with van der Waals surface area (Å²) in [4.78, 5) is 7.44. The second kappa shape index (κ2) is 5.05. The van der Waals surface area contributed by atoms with Crippen LogP contribution < -0.4 is 5.32 Å². The highest BCUT2D eigenvalue weighted by atomic mass is 16.3. The van der Waals surface area contributed by atoms with Gasteiger partial charge in [-0.3, -0.25) is 0 Å². The number of nitrogens with one attached hydrogen (secondary N) is 2. The number of benzene rings is 1. The van der Waals surface area contributed by atoms with Gasteiger partial charge in [-0.05, 0) is 49.4 Å². The number of aromatic hydroxyl groups is 1. The van der Waals surface area contributed by atoms with Gasteiger partial charge in [-0.15, -0.1) is 0 Å². The Morgan fingerprint density at radius 3 is 3.16 bits per heavy atom. The molecule has 0 aliphatic heterocycles. The van der Waals surface area contributed by atoms with Crippen LogP contribution >= 0.6 is 0 Å². The molecular formula is C15H19N3O. The van der Waals surface area contributed by atoms with Crippen LogP contribution in [0.15, 0.2) is 30.6 Å². The van der Waals surface area contributed by atoms with Crippen molar-refractivity contribution in [2.75, 3.05) is 0 Å². The second-order valence-electron chi connectivity index (χ2n) is 5.19. The van der Waals surface area contributed by atoms with E-state index in [2.05, 4.69) is 22.2 Å². The van der Waals surface area contributed by atoms with Crippen molar-refractivity contribution in [1.82, 2.24) is 15.3 Å². The molecule has 100 valence electrons. The molecule has 4 nitrogen and oxygen atoms in total. The number of aromatic nitrogens is 2. The lowest BCUT2D eigenvalue weighted by molar-refractivity contribution is 0.405. The molecule has 1 aliphatic rings. The van der Waals surface area contributed by atoms with E-state index < -0.39 is 0 Å². The molecule has 0 saturated heterocycles. The van der Waals surface area contributed by atoms with Crippen molar-refractivity contribution >= 4 is 0 Å². The number of hydrogen-bond donors (Lipinski definition) is 3. The molecule has 3 N–H and O–H groups in total. The average Bonchev–Trinajstić information content (AvgIpc) is 2.92. The minimum Gasteiger partial charge on any atom is -0.508 e. The van der Waals surface area contributed by atoms with Gasteiger partial charge in [-0.2, -0.15) is 0 Å². The smallest absolute Gasteiger partial charge is 0.122 e. The lowest BCUT2D eigenvalue weighted by Gasteiger charge is -2.28. The molecule has 0 fully saturated rings. The van der Waals surface area contributed by atoms with E-state index in [0.717, 1.165) is 25.1 Å². The van der Waals surface area contributed by atoms with Crippen molar-refractivity contribution in [3.63, 3.8) is 0 Å². The third kappa shape index (κ3) is 2.49. The molecule has 4 heteroatoms. The van der Waals surface area contributed by atoms with Crippen LogP contribution in [0, 0.1) is 0 Å². The minimum atomic E-state index is 0.194. The molecule has 19 heavy (non-hydrogen) atoms. The molecule has 0 radical (unpaired) electrons. The maximum atomic E-state index is 9.57. The first-order chi connectivity index (χ1) is 9.24. The molecule has 0 saturated carbocycles. The molecule has 3 rings (SSSR count). The summed E-state index contributed by atoms with van der Waals surface area (Å²) in [5, 5.41) is 13.2. The standard InChI is InChI=1S/C15H19N3O/c1-10(15-16-7-8-17-15)18-14-4-2-3-11-9-12(19)5-6-13(11)14/h5-10,14,18-19H,2-4H2,1H3,(H,16,17). The second-order valence-corrected chi connectivity index (χ2v) is 5.19. The van der Waals surface area contributed by atoms with E-state index in [1.54, 1.807) is 12.3 Å². The fourth-order valence-corrected chi connectivity index (χ4v) is 2.87. The molecule has 1 aromatic carbocycles. The summed E-state index contributed by atoms with van der Waals surface area (Å²) >= 11 is 0. The van der Waals surface area contributed by atoms with E-state index >= 15 is 0 Å². The fraction of sp³-hybridized carbons (Fsp3) is 0.400. The minimum absolute atomic E-state index is 0.194. The normalized spacial score (nSPS) is 19.9. The fourth-order valence-electron chi connectivity index (χ4n) is 2.87. The van der Waals surface area contributed by atoms with Crippen LogP contribution in [0.25, 0.3) is 0 Å². The summed E-state index contributed by atoms with van der Waals surface area (Å²) in [7, 11) is 0. The van der Waals surface area contributed by atoms with Crippen molar-refractivity contribution in [2.24, 2.45) is 0 Å². The Hall–Kier alpha value is -1.81. The largest absolute Gasteiger partial charge is 0.508 e. The van der Waals surface area contributed by atoms with Gasteiger partial charge >= 0.3 is 0 Å². The van der Waals surface area contributed by atoms with Gasteiger partial charge in [0, 0.05) is 18.4 Å². The number of aromatic amines is 1. The molecule has 1 aromatic heterocycles. The summed E-state index contributed by atoms with van der Waals surface area (Å²) in [6, 6.07) is 6.23. The zero-order valence-corrected chi connectivity index (χ0v) is 11.1. The zero-order valence-electron chi connectivity index (χ0n) is 11.1. The van der Waals surface area contributed by atoms with E-state index in [-0.39, 0.29) is 6.04 Å². The number of aryl methyl sites for hydroxylation is 1. The number of fused-ring (bicyclic) bond motifs is 1. The maximum absolute atomic E-state index is 9.57. The van der Waals surface area contributed by atoms with Crippen LogP contribution in [-0.2, 0) is 6.42 Å². The molecule has 2 aromatic rings. The number of phenols is 1. The Kier molecular flexibility index (Phi) is 3.25. The summed E-state index contributed by atoms with van der Waals surface area (Å²) in [6.07, 6.45) is 6.96. The van der Waals surface area contributed by atoms with Crippen LogP contribution in [0.3, 0.4) is 0 Å². The Labute approximate surface area is 112 Å². The highest BCUT2D eigenvalue weighted by Gasteiger charge is 2.22. The summed E-state index contributed by atoms with van der Waals surface area (Å²) < 4.78 is 0. The topological polar surface area (TPSA) is 60.9 Å². The van der Waals surface area contributed by atoms with E-state index in [0.29, 0.717) is 11.8 Å². The van der Waals surface area contributed by atoms with Gasteiger partial charge in [0.1, 0.15) is 11.6 Å². The van der Waals surface area contributed by atoms with Crippen LogP contribution in [0.2, 0.25) is 0 Å². The molecule has 1 aliphatic carbocycles. The summed E-state index contributed by atoms with van der Waals surface area (Å²) in [5.74, 6) is 1.32. The third-order valence-corrected chi connectivity index (χ3v) is 3.82. The van der Waals surface area contributed by atoms with Gasteiger partial charge in [-0.25, -0.2) is 4.98 Å². The van der Waals surface area contributed by atoms with Gasteiger partial charge in [0.15, 0.2) is 0 Å². The Morgan fingerprint density at radius 2 is 2.37 bits per heavy atom. The Morgan fingerprint density at radius 1 is 1.47 bits per heavy atom. The number of rotatable bonds is 3. The lowest BCUT2D eigenvalue weighted by atomic mass is 9.87. The van der Waals surface area contributed by atoms with Crippen LogP contribution in [0.1, 0.15) is 48.8 Å². The summed E-state index contributed by atoms with van der Waals surface area (Å²) in [5.41, 5.74) is 2.57. The van der Waals surface area contributed by atoms with Gasteiger partial charge in [0.2, 0.25) is 0 Å². The van der Waals surface area contributed by atoms with Crippen molar-refractivity contribution < 1.29 is 5.11 Å². The molecular weight excluding hydrogens is 238 g/mol. The van der Waals surface area contributed by atoms with Crippen LogP contribution in [0.4, 0.5) is 0 Å². The van der Waals surface area contributed by atoms with Crippen molar-refractivity contribution in [1.29, 1.82) is 0 Å². The molecule has 2 unspecified atom stereocenters. The van der Waals surface area contributed by atoms with Gasteiger partial charge in [0.05, 0.1) is 6.04 Å². The van der Waals surface area contributed by atoms with Gasteiger partial charge in [-0.1, -0.05) is 6.07 Å². The summed E-state index contributed by atoms with van der Waals surface area (Å²) in [6.45, 7) is 2.12. The Balaban J connectivity index is 1.80. The van der Waals surface area contributed by atoms with Gasteiger partial charge in [0.25, 0.3) is 0 Å². The predicted molar refractivity (Wildman–Crippen MR) is 73.9 cm³/mol. The number of phenolic OH excluding ortho intramolecular Hbond substituents is 1. The number of H-pyrrole nitrogens is 1. The van der Waals surface area contributed by atoms with E-state index in [1.165, 1.54) is 11.1 Å². The van der Waals surface area contributed by atoms with E-state index in [9.17, 15) is 5.11 Å². The lowest BCUT2D eigenvalue weighted by Crippen LogP contribution is -2.28. The third-order valence-electron chi connectivity index (χ3n) is 3.82. The number of nitrogens with zero attached hydrogens (tertiary/aromatic N) is 1. The molecule has 2 atom stereocenters. The first-order valence-electron chi connectivity index (χ1n) is 6.81. The Bertz CT molecular complexity index is 551. The van der Waals surface area contributed by atoms with Crippen molar-refractivity contribution in [2.45, 2.75) is 38.3 Å². The predicted octanol–water partition coefficient (Wildman–Crippen LogP) is 2.84. The number of hydrogen-bond acceptors (Lipinski definition) is 3. The monoisotopic (exact) mass is 257 g/mol. The molecule has 0 spiro atoms. The van der Waals surface area contributed by atoms with Crippen LogP contribution in [-0.4, -0.2) is 15.1 Å². The molecule has 0 amide bonds. The van der Waals surface area contributed by atoms with Crippen molar-refractivity contribution in [3.8, 4) is 5.75 Å². The molecule has 1 heterocycles. The zero-order chi connectivity index (χ0) is 13.2. The van der Waals surface area contributed by atoms with Crippen molar-refractivity contribution in [3.05, 3.63) is 47.5 Å².